The second kappa shape index (κ2) is 4.38. The first kappa shape index (κ1) is 11.2. The summed E-state index contributed by atoms with van der Waals surface area (Å²) in [4.78, 5) is 14.7. The number of fused-ring (bicyclic) bond motifs is 1. The monoisotopic (exact) mass is 245 g/mol. The van der Waals surface area contributed by atoms with Crippen molar-refractivity contribution in [1.29, 1.82) is 0 Å². The molecule has 1 unspecified atom stereocenters. The van der Waals surface area contributed by atoms with Gasteiger partial charge in [-0.2, -0.15) is 0 Å². The molecule has 3 heterocycles. The average molecular weight is 245 g/mol. The molecule has 0 bridgehead atoms. The van der Waals surface area contributed by atoms with Gasteiger partial charge in [0.25, 0.3) is 0 Å². The van der Waals surface area contributed by atoms with Crippen LogP contribution in [0.4, 0.5) is 0 Å². The quantitative estimate of drug-likeness (QED) is 0.788. The van der Waals surface area contributed by atoms with Gasteiger partial charge in [-0.3, -0.25) is 4.79 Å². The molecule has 0 aliphatic carbocycles. The van der Waals surface area contributed by atoms with Crippen molar-refractivity contribution in [2.24, 2.45) is 11.7 Å². The maximum atomic E-state index is 11.8. The molecule has 6 nitrogen and oxygen atoms in total. The number of nitrogens with one attached hydrogen (secondary N) is 1. The Morgan fingerprint density at radius 2 is 2.39 bits per heavy atom. The van der Waals surface area contributed by atoms with Crippen LogP contribution in [0.25, 0.3) is 11.4 Å². The zero-order valence-corrected chi connectivity index (χ0v) is 9.97. The normalized spacial score (nSPS) is 18.6. The Labute approximate surface area is 104 Å². The number of hydrogen-bond donors (Lipinski definition) is 2. The van der Waals surface area contributed by atoms with Crippen LogP contribution in [0.2, 0.25) is 0 Å². The van der Waals surface area contributed by atoms with Gasteiger partial charge in [-0.1, -0.05) is 0 Å². The molecule has 3 N–H and O–H groups in total. The van der Waals surface area contributed by atoms with Gasteiger partial charge in [0.2, 0.25) is 0 Å². The number of aromatic amines is 1. The van der Waals surface area contributed by atoms with E-state index < -0.39 is 0 Å². The first-order valence-corrected chi connectivity index (χ1v) is 6.09. The van der Waals surface area contributed by atoms with Gasteiger partial charge in [-0.05, 0) is 18.9 Å². The van der Waals surface area contributed by atoms with Crippen molar-refractivity contribution in [2.45, 2.75) is 19.4 Å². The van der Waals surface area contributed by atoms with E-state index in [2.05, 4.69) is 15.2 Å². The van der Waals surface area contributed by atoms with Crippen molar-refractivity contribution in [3.63, 3.8) is 0 Å². The molecule has 0 fully saturated rings. The van der Waals surface area contributed by atoms with Gasteiger partial charge in [0.05, 0.1) is 5.56 Å². The summed E-state index contributed by atoms with van der Waals surface area (Å²) in [6.07, 6.45) is 5.14. The van der Waals surface area contributed by atoms with Crippen molar-refractivity contribution < 1.29 is 0 Å². The zero-order chi connectivity index (χ0) is 12.5. The van der Waals surface area contributed by atoms with Gasteiger partial charge in [0.15, 0.2) is 11.3 Å². The smallest absolute Gasteiger partial charge is 0.192 e. The summed E-state index contributed by atoms with van der Waals surface area (Å²) in [7, 11) is 0. The lowest BCUT2D eigenvalue weighted by Crippen LogP contribution is -2.26. The molecule has 0 aromatic carbocycles. The van der Waals surface area contributed by atoms with Gasteiger partial charge in [0.1, 0.15) is 5.82 Å². The first-order chi connectivity index (χ1) is 8.79. The molecule has 0 amide bonds. The van der Waals surface area contributed by atoms with Crippen LogP contribution in [-0.2, 0) is 13.0 Å². The largest absolute Gasteiger partial charge is 0.367 e. The van der Waals surface area contributed by atoms with Crippen molar-refractivity contribution in [2.75, 3.05) is 6.54 Å². The van der Waals surface area contributed by atoms with Crippen LogP contribution in [0.1, 0.15) is 12.2 Å². The predicted molar refractivity (Wildman–Crippen MR) is 66.9 cm³/mol. The van der Waals surface area contributed by atoms with E-state index in [1.807, 2.05) is 4.57 Å². The topological polar surface area (TPSA) is 89.6 Å². The van der Waals surface area contributed by atoms with Crippen LogP contribution < -0.4 is 11.2 Å². The van der Waals surface area contributed by atoms with Gasteiger partial charge < -0.3 is 15.3 Å². The minimum absolute atomic E-state index is 0.0371. The summed E-state index contributed by atoms with van der Waals surface area (Å²) in [5.74, 6) is 2.06. The summed E-state index contributed by atoms with van der Waals surface area (Å²) < 4.78 is 2.02. The van der Waals surface area contributed by atoms with Crippen molar-refractivity contribution >= 4 is 0 Å². The lowest BCUT2D eigenvalue weighted by molar-refractivity contribution is 0.391. The fraction of sp³-hybridized carbons (Fsp3) is 0.417. The molecule has 18 heavy (non-hydrogen) atoms. The fourth-order valence-corrected chi connectivity index (χ4v) is 2.38. The number of hydrogen-bond acceptors (Lipinski definition) is 4. The Bertz CT molecular complexity index is 615. The van der Waals surface area contributed by atoms with E-state index in [9.17, 15) is 4.79 Å². The van der Waals surface area contributed by atoms with E-state index in [4.69, 9.17) is 5.73 Å². The molecule has 2 aromatic rings. The number of aromatic nitrogens is 4. The highest BCUT2D eigenvalue weighted by molar-refractivity contribution is 5.53. The van der Waals surface area contributed by atoms with E-state index >= 15 is 0 Å². The lowest BCUT2D eigenvalue weighted by Gasteiger charge is -2.22. The minimum atomic E-state index is -0.0371. The first-order valence-electron chi connectivity index (χ1n) is 6.09. The van der Waals surface area contributed by atoms with Crippen LogP contribution in [0.15, 0.2) is 23.3 Å². The average Bonchev–Trinajstić information content (AvgIpc) is 2.82. The molecule has 6 heteroatoms. The third kappa shape index (κ3) is 1.74. The summed E-state index contributed by atoms with van der Waals surface area (Å²) in [5, 5.41) is 8.33. The molecule has 1 atom stereocenters. The van der Waals surface area contributed by atoms with Gasteiger partial charge in [-0.15, -0.1) is 10.2 Å². The molecule has 3 rings (SSSR count). The van der Waals surface area contributed by atoms with Crippen LogP contribution >= 0.6 is 0 Å². The van der Waals surface area contributed by atoms with E-state index in [0.29, 0.717) is 23.9 Å². The second-order valence-corrected chi connectivity index (χ2v) is 4.61. The summed E-state index contributed by atoms with van der Waals surface area (Å²) in [5.41, 5.74) is 6.22. The number of pyridine rings is 1. The van der Waals surface area contributed by atoms with Crippen LogP contribution in [0.5, 0.6) is 0 Å². The third-order valence-corrected chi connectivity index (χ3v) is 3.46. The molecule has 0 radical (unpaired) electrons. The van der Waals surface area contributed by atoms with Crippen molar-refractivity contribution in [3.05, 3.63) is 34.5 Å². The highest BCUT2D eigenvalue weighted by atomic mass is 16.1. The molecule has 2 aromatic heterocycles. The SMILES string of the molecule is NCC1CCn2c(nnc2-c2c[nH]ccc2=O)C1. The maximum Gasteiger partial charge on any atom is 0.192 e. The lowest BCUT2D eigenvalue weighted by atomic mass is 9.98. The van der Waals surface area contributed by atoms with Crippen molar-refractivity contribution in [3.8, 4) is 11.4 Å². The molecule has 94 valence electrons. The summed E-state index contributed by atoms with van der Waals surface area (Å²) in [6, 6.07) is 1.50. The van der Waals surface area contributed by atoms with Crippen LogP contribution in [0, 0.1) is 5.92 Å². The minimum Gasteiger partial charge on any atom is -0.367 e. The second-order valence-electron chi connectivity index (χ2n) is 4.61. The van der Waals surface area contributed by atoms with E-state index in [1.54, 1.807) is 12.4 Å². The number of rotatable bonds is 2. The third-order valence-electron chi connectivity index (χ3n) is 3.46. The van der Waals surface area contributed by atoms with E-state index in [1.165, 1.54) is 6.07 Å². The fourth-order valence-electron chi connectivity index (χ4n) is 2.38. The molecule has 0 saturated heterocycles. The molecule has 1 aliphatic heterocycles. The van der Waals surface area contributed by atoms with E-state index in [-0.39, 0.29) is 5.43 Å². The highest BCUT2D eigenvalue weighted by Gasteiger charge is 2.23. The van der Waals surface area contributed by atoms with Gasteiger partial charge in [-0.25, -0.2) is 0 Å². The van der Waals surface area contributed by atoms with Crippen LogP contribution in [0.3, 0.4) is 0 Å². The Morgan fingerprint density at radius 1 is 1.50 bits per heavy atom. The van der Waals surface area contributed by atoms with Crippen molar-refractivity contribution in [1.82, 2.24) is 19.7 Å². The number of nitrogens with two attached hydrogens (primary N) is 1. The molecule has 1 aliphatic rings. The standard InChI is InChI=1S/C12H15N5O/c13-6-8-2-4-17-11(5-8)15-16-12(17)9-7-14-3-1-10(9)18/h1,3,7-8H,2,4-6,13H2,(H,14,18). The molecular formula is C12H15N5O. The number of nitrogens with zero attached hydrogens (tertiary/aromatic N) is 3. The molecular weight excluding hydrogens is 230 g/mol. The molecule has 0 saturated carbocycles. The zero-order valence-electron chi connectivity index (χ0n) is 9.97. The predicted octanol–water partition coefficient (Wildman–Crippen LogP) is 0.154. The Balaban J connectivity index is 2.04. The Morgan fingerprint density at radius 3 is 3.17 bits per heavy atom. The van der Waals surface area contributed by atoms with Gasteiger partial charge >= 0.3 is 0 Å². The van der Waals surface area contributed by atoms with E-state index in [0.717, 1.165) is 25.2 Å². The highest BCUT2D eigenvalue weighted by Crippen LogP contribution is 2.23. The number of H-pyrrole nitrogens is 1. The Hall–Kier alpha value is -1.95. The molecule has 0 spiro atoms. The maximum absolute atomic E-state index is 11.8. The summed E-state index contributed by atoms with van der Waals surface area (Å²) in [6.45, 7) is 1.50. The van der Waals surface area contributed by atoms with Crippen LogP contribution in [-0.4, -0.2) is 26.3 Å². The van der Waals surface area contributed by atoms with Gasteiger partial charge in [0, 0.05) is 31.4 Å². The summed E-state index contributed by atoms with van der Waals surface area (Å²) >= 11 is 0. The Kier molecular flexibility index (Phi) is 2.71.